The van der Waals surface area contributed by atoms with Gasteiger partial charge in [0.1, 0.15) is 11.5 Å². The molecule has 0 aliphatic heterocycles. The molecule has 4 rings (SSSR count). The van der Waals surface area contributed by atoms with E-state index in [0.29, 0.717) is 23.0 Å². The van der Waals surface area contributed by atoms with Gasteiger partial charge < -0.3 is 14.5 Å². The van der Waals surface area contributed by atoms with E-state index in [1.165, 1.54) is 0 Å². The van der Waals surface area contributed by atoms with Gasteiger partial charge in [0.2, 0.25) is 5.76 Å². The molecule has 134 valence electrons. The maximum Gasteiger partial charge on any atom is 0.293 e. The lowest BCUT2D eigenvalue weighted by molar-refractivity contribution is 0.0994. The van der Waals surface area contributed by atoms with Crippen LogP contribution in [0, 0.1) is 13.8 Å². The van der Waals surface area contributed by atoms with Crippen molar-refractivity contribution in [1.29, 1.82) is 0 Å². The van der Waals surface area contributed by atoms with E-state index in [4.69, 9.17) is 9.15 Å². The molecule has 0 radical (unpaired) electrons. The topological polar surface area (TPSA) is 77.2 Å². The molecule has 0 spiro atoms. The first-order valence-electron chi connectivity index (χ1n) is 8.47. The van der Waals surface area contributed by atoms with E-state index in [9.17, 15) is 4.79 Å². The van der Waals surface area contributed by atoms with Crippen molar-refractivity contribution in [2.75, 3.05) is 5.32 Å². The Labute approximate surface area is 155 Å². The Balaban J connectivity index is 1.67. The second-order valence-electron chi connectivity index (χ2n) is 6.05. The SMILES string of the molecule is Cc1nc(C)c(C(=O)Nc2ccnc3ccc(Oc4ccccc4)cc23)o1. The molecule has 0 unspecified atom stereocenters. The summed E-state index contributed by atoms with van der Waals surface area (Å²) in [7, 11) is 0. The molecular formula is C21H17N3O3. The number of rotatable bonds is 4. The molecule has 2 aromatic carbocycles. The van der Waals surface area contributed by atoms with Gasteiger partial charge in [0.05, 0.1) is 16.9 Å². The van der Waals surface area contributed by atoms with Gasteiger partial charge in [-0.25, -0.2) is 4.98 Å². The van der Waals surface area contributed by atoms with Crippen LogP contribution in [-0.2, 0) is 0 Å². The monoisotopic (exact) mass is 359 g/mol. The van der Waals surface area contributed by atoms with E-state index in [1.807, 2.05) is 48.5 Å². The van der Waals surface area contributed by atoms with Crippen LogP contribution >= 0.6 is 0 Å². The highest BCUT2D eigenvalue weighted by Crippen LogP contribution is 2.29. The molecule has 0 saturated carbocycles. The van der Waals surface area contributed by atoms with E-state index in [1.54, 1.807) is 26.1 Å². The third-order valence-electron chi connectivity index (χ3n) is 4.05. The largest absolute Gasteiger partial charge is 0.457 e. The van der Waals surface area contributed by atoms with Crippen LogP contribution in [0.5, 0.6) is 11.5 Å². The number of hydrogen-bond acceptors (Lipinski definition) is 5. The smallest absolute Gasteiger partial charge is 0.293 e. The van der Waals surface area contributed by atoms with Crippen LogP contribution in [0.25, 0.3) is 10.9 Å². The number of carbonyl (C=O) groups excluding carboxylic acids is 1. The van der Waals surface area contributed by atoms with Crippen LogP contribution in [0.4, 0.5) is 5.69 Å². The predicted molar refractivity (Wildman–Crippen MR) is 102 cm³/mol. The van der Waals surface area contributed by atoms with Gasteiger partial charge in [-0.15, -0.1) is 0 Å². The molecule has 4 aromatic rings. The van der Waals surface area contributed by atoms with Crippen LogP contribution in [0.1, 0.15) is 22.1 Å². The van der Waals surface area contributed by atoms with E-state index >= 15 is 0 Å². The third-order valence-corrected chi connectivity index (χ3v) is 4.05. The Kier molecular flexibility index (Phi) is 4.30. The molecule has 27 heavy (non-hydrogen) atoms. The molecule has 1 amide bonds. The van der Waals surface area contributed by atoms with Crippen LogP contribution < -0.4 is 10.1 Å². The lowest BCUT2D eigenvalue weighted by Gasteiger charge is -2.10. The fourth-order valence-corrected chi connectivity index (χ4v) is 2.84. The molecule has 2 aromatic heterocycles. The number of oxazole rings is 1. The number of pyridine rings is 1. The molecule has 0 atom stereocenters. The zero-order valence-electron chi connectivity index (χ0n) is 14.9. The molecule has 6 nitrogen and oxygen atoms in total. The molecule has 0 saturated heterocycles. The Hall–Kier alpha value is -3.67. The van der Waals surface area contributed by atoms with Crippen molar-refractivity contribution in [2.24, 2.45) is 0 Å². The predicted octanol–water partition coefficient (Wildman–Crippen LogP) is 4.88. The highest BCUT2D eigenvalue weighted by atomic mass is 16.5. The summed E-state index contributed by atoms with van der Waals surface area (Å²) < 4.78 is 11.3. The fraction of sp³-hybridized carbons (Fsp3) is 0.0952. The molecule has 0 aliphatic rings. The summed E-state index contributed by atoms with van der Waals surface area (Å²) in [5.41, 5.74) is 1.92. The van der Waals surface area contributed by atoms with E-state index < -0.39 is 0 Å². The van der Waals surface area contributed by atoms with Gasteiger partial charge in [-0.3, -0.25) is 9.78 Å². The van der Waals surface area contributed by atoms with Crippen molar-refractivity contribution in [2.45, 2.75) is 13.8 Å². The molecule has 6 heteroatoms. The second kappa shape index (κ2) is 6.92. The van der Waals surface area contributed by atoms with Crippen LogP contribution in [-0.4, -0.2) is 15.9 Å². The Bertz CT molecular complexity index is 1120. The Morgan fingerprint density at radius 2 is 1.85 bits per heavy atom. The van der Waals surface area contributed by atoms with Crippen molar-refractivity contribution in [3.8, 4) is 11.5 Å². The number of nitrogens with zero attached hydrogens (tertiary/aromatic N) is 2. The maximum atomic E-state index is 12.6. The van der Waals surface area contributed by atoms with Crippen molar-refractivity contribution >= 4 is 22.5 Å². The van der Waals surface area contributed by atoms with Crippen molar-refractivity contribution in [3.05, 3.63) is 78.1 Å². The summed E-state index contributed by atoms with van der Waals surface area (Å²) in [4.78, 5) is 21.1. The van der Waals surface area contributed by atoms with Gasteiger partial charge in [-0.2, -0.15) is 0 Å². The minimum atomic E-state index is -0.352. The first-order valence-corrected chi connectivity index (χ1v) is 8.47. The third kappa shape index (κ3) is 3.50. The highest BCUT2D eigenvalue weighted by molar-refractivity contribution is 6.07. The van der Waals surface area contributed by atoms with Crippen molar-refractivity contribution in [1.82, 2.24) is 9.97 Å². The summed E-state index contributed by atoms with van der Waals surface area (Å²) in [6, 6.07) is 16.8. The standard InChI is InChI=1S/C21H17N3O3/c1-13-20(26-14(2)23-13)21(25)24-19-10-11-22-18-9-8-16(12-17(18)19)27-15-6-4-3-5-7-15/h3-12H,1-2H3,(H,22,24,25). The van der Waals surface area contributed by atoms with Crippen molar-refractivity contribution in [3.63, 3.8) is 0 Å². The first-order chi connectivity index (χ1) is 13.1. The van der Waals surface area contributed by atoms with E-state index in [-0.39, 0.29) is 11.7 Å². The van der Waals surface area contributed by atoms with Crippen LogP contribution in [0.3, 0.4) is 0 Å². The number of benzene rings is 2. The summed E-state index contributed by atoms with van der Waals surface area (Å²) in [5, 5.41) is 3.65. The number of fused-ring (bicyclic) bond motifs is 1. The molecule has 2 heterocycles. The van der Waals surface area contributed by atoms with Gasteiger partial charge in [0.15, 0.2) is 5.89 Å². The number of anilines is 1. The molecule has 0 aliphatic carbocycles. The zero-order valence-corrected chi connectivity index (χ0v) is 14.9. The summed E-state index contributed by atoms with van der Waals surface area (Å²) in [5.74, 6) is 1.70. The average Bonchev–Trinajstić information content (AvgIpc) is 3.01. The molecule has 0 fully saturated rings. The molecule has 0 bridgehead atoms. The number of aryl methyl sites for hydroxylation is 2. The van der Waals surface area contributed by atoms with Crippen LogP contribution in [0.15, 0.2) is 65.2 Å². The second-order valence-corrected chi connectivity index (χ2v) is 6.05. The van der Waals surface area contributed by atoms with Crippen LogP contribution in [0.2, 0.25) is 0 Å². The number of amides is 1. The minimum absolute atomic E-state index is 0.203. The van der Waals surface area contributed by atoms with Gasteiger partial charge in [-0.1, -0.05) is 18.2 Å². The summed E-state index contributed by atoms with van der Waals surface area (Å²) in [6.07, 6.45) is 1.65. The number of aromatic nitrogens is 2. The average molecular weight is 359 g/mol. The molecular weight excluding hydrogens is 342 g/mol. The van der Waals surface area contributed by atoms with E-state index in [0.717, 1.165) is 16.7 Å². The maximum absolute atomic E-state index is 12.6. The number of ether oxygens (including phenoxy) is 1. The lowest BCUT2D eigenvalue weighted by Crippen LogP contribution is -2.12. The normalized spacial score (nSPS) is 10.7. The zero-order chi connectivity index (χ0) is 18.8. The van der Waals surface area contributed by atoms with Crippen molar-refractivity contribution < 1.29 is 13.9 Å². The number of hydrogen-bond donors (Lipinski definition) is 1. The number of para-hydroxylation sites is 1. The quantitative estimate of drug-likeness (QED) is 0.562. The van der Waals surface area contributed by atoms with Gasteiger partial charge in [0.25, 0.3) is 5.91 Å². The lowest BCUT2D eigenvalue weighted by atomic mass is 10.1. The fourth-order valence-electron chi connectivity index (χ4n) is 2.84. The summed E-state index contributed by atoms with van der Waals surface area (Å²) >= 11 is 0. The Morgan fingerprint density at radius 3 is 2.59 bits per heavy atom. The Morgan fingerprint density at radius 1 is 1.04 bits per heavy atom. The van der Waals surface area contributed by atoms with Gasteiger partial charge in [0, 0.05) is 18.5 Å². The number of nitrogens with one attached hydrogen (secondary N) is 1. The summed E-state index contributed by atoms with van der Waals surface area (Å²) in [6.45, 7) is 3.45. The molecule has 1 N–H and O–H groups in total. The van der Waals surface area contributed by atoms with Gasteiger partial charge >= 0.3 is 0 Å². The van der Waals surface area contributed by atoms with Gasteiger partial charge in [-0.05, 0) is 43.3 Å². The first kappa shape index (κ1) is 16.8. The number of carbonyl (C=O) groups is 1. The highest BCUT2D eigenvalue weighted by Gasteiger charge is 2.17. The minimum Gasteiger partial charge on any atom is -0.457 e. The van der Waals surface area contributed by atoms with E-state index in [2.05, 4.69) is 15.3 Å².